The number of halogens is 3. The number of hydrogen-bond donors (Lipinski definition) is 2. The Morgan fingerprint density at radius 2 is 2.03 bits per heavy atom. The fourth-order valence-corrected chi connectivity index (χ4v) is 4.90. The number of nitrogens with one attached hydrogen (secondary N) is 1. The molecule has 1 saturated carbocycles. The van der Waals surface area contributed by atoms with Crippen LogP contribution in [0.4, 0.5) is 18.0 Å². The molecule has 4 rings (SSSR count). The molecule has 2 unspecified atom stereocenters. The molecule has 2 aromatic rings. The third-order valence-electron chi connectivity index (χ3n) is 6.76. The molecule has 2 N–H and O–H groups in total. The van der Waals surface area contributed by atoms with Gasteiger partial charge < -0.3 is 24.6 Å². The Balaban J connectivity index is 1.54. The molecule has 178 valence electrons. The number of carbonyl (C=O) groups is 2. The molecule has 2 heterocycles. The van der Waals surface area contributed by atoms with Crippen molar-refractivity contribution in [1.82, 2.24) is 15.4 Å². The number of likely N-dealkylation sites (tertiary alicyclic amines) is 1. The van der Waals surface area contributed by atoms with Crippen molar-refractivity contribution in [3.8, 4) is 5.75 Å². The first-order valence-electron chi connectivity index (χ1n) is 10.6. The first-order chi connectivity index (χ1) is 15.6. The van der Waals surface area contributed by atoms with Crippen molar-refractivity contribution in [2.45, 2.75) is 38.0 Å². The molecule has 1 aromatic heterocycles. The number of aromatic nitrogens is 1. The van der Waals surface area contributed by atoms with E-state index in [4.69, 9.17) is 9.26 Å². The van der Waals surface area contributed by atoms with Gasteiger partial charge in [-0.05, 0) is 42.9 Å². The van der Waals surface area contributed by atoms with Crippen LogP contribution in [0.25, 0.3) is 0 Å². The van der Waals surface area contributed by atoms with Gasteiger partial charge in [0, 0.05) is 38.5 Å². The lowest BCUT2D eigenvalue weighted by atomic mass is 9.52. The number of rotatable bonds is 5. The van der Waals surface area contributed by atoms with E-state index < -0.39 is 17.8 Å². The first kappa shape index (κ1) is 22.9. The summed E-state index contributed by atoms with van der Waals surface area (Å²) in [5, 5.41) is 15.5. The monoisotopic (exact) mass is 467 g/mol. The number of nitrogens with zero attached hydrogens (tertiary/aromatic N) is 2. The van der Waals surface area contributed by atoms with Crippen molar-refractivity contribution in [2.24, 2.45) is 11.3 Å². The van der Waals surface area contributed by atoms with E-state index in [0.717, 1.165) is 12.1 Å². The number of carbonyl (C=O) groups excluding carboxylic acids is 1. The molecular weight excluding hydrogens is 443 g/mol. The number of amides is 2. The number of benzene rings is 1. The minimum atomic E-state index is -4.47. The van der Waals surface area contributed by atoms with Gasteiger partial charge in [0.15, 0.2) is 5.69 Å². The van der Waals surface area contributed by atoms with Gasteiger partial charge in [0.25, 0.3) is 5.91 Å². The van der Waals surface area contributed by atoms with Gasteiger partial charge in [-0.1, -0.05) is 11.2 Å². The zero-order valence-corrected chi connectivity index (χ0v) is 17.9. The molecular formula is C22H24F3N3O5. The van der Waals surface area contributed by atoms with Crippen LogP contribution in [0.2, 0.25) is 0 Å². The summed E-state index contributed by atoms with van der Waals surface area (Å²) in [4.78, 5) is 24.5. The van der Waals surface area contributed by atoms with Crippen molar-refractivity contribution in [1.29, 1.82) is 0 Å². The standard InChI is InChI=1S/C22H24F3N3O5/c1-26-19(29)17-11-15(33-27-17)10-16-18(12-21(16)5-7-28(8-6-21)20(30)31)32-14-4-2-3-13(9-14)22(23,24)25/h2-4,9,11,16,18H,5-8,10,12H2,1H3,(H,26,29)(H,30,31). The molecule has 8 nitrogen and oxygen atoms in total. The molecule has 11 heteroatoms. The Morgan fingerprint density at radius 1 is 1.30 bits per heavy atom. The molecule has 1 saturated heterocycles. The van der Waals surface area contributed by atoms with Gasteiger partial charge in [-0.15, -0.1) is 0 Å². The largest absolute Gasteiger partial charge is 0.490 e. The van der Waals surface area contributed by atoms with Crippen molar-refractivity contribution in [3.05, 3.63) is 47.3 Å². The fourth-order valence-electron chi connectivity index (χ4n) is 4.90. The maximum atomic E-state index is 13.1. The highest BCUT2D eigenvalue weighted by Gasteiger charge is 2.56. The van der Waals surface area contributed by atoms with Crippen molar-refractivity contribution < 1.29 is 37.1 Å². The molecule has 1 aliphatic carbocycles. The highest BCUT2D eigenvalue weighted by Crippen LogP contribution is 2.56. The number of carboxylic acid groups (broad SMARTS) is 1. The SMILES string of the molecule is CNC(=O)c1cc(CC2C(Oc3cccc(C(F)(F)F)c3)CC23CCN(C(=O)O)CC3)on1. The Hall–Kier alpha value is -3.24. The molecule has 2 amide bonds. The van der Waals surface area contributed by atoms with Gasteiger partial charge in [0.1, 0.15) is 17.6 Å². The lowest BCUT2D eigenvalue weighted by Gasteiger charge is -2.57. The third-order valence-corrected chi connectivity index (χ3v) is 6.76. The van der Waals surface area contributed by atoms with Crippen LogP contribution in [0.15, 0.2) is 34.9 Å². The zero-order valence-electron chi connectivity index (χ0n) is 17.9. The van der Waals surface area contributed by atoms with Crippen LogP contribution < -0.4 is 10.1 Å². The Kier molecular flexibility index (Phi) is 5.98. The molecule has 0 bridgehead atoms. The lowest BCUT2D eigenvalue weighted by molar-refractivity contribution is -0.138. The molecule has 0 radical (unpaired) electrons. The predicted octanol–water partition coefficient (Wildman–Crippen LogP) is 3.82. The zero-order chi connectivity index (χ0) is 23.8. The van der Waals surface area contributed by atoms with Gasteiger partial charge in [-0.3, -0.25) is 4.79 Å². The summed E-state index contributed by atoms with van der Waals surface area (Å²) in [6.45, 7) is 0.754. The van der Waals surface area contributed by atoms with E-state index in [1.165, 1.54) is 24.1 Å². The van der Waals surface area contributed by atoms with E-state index >= 15 is 0 Å². The van der Waals surface area contributed by atoms with E-state index in [1.54, 1.807) is 6.07 Å². The van der Waals surface area contributed by atoms with Crippen LogP contribution in [-0.4, -0.2) is 53.4 Å². The normalized spacial score (nSPS) is 22.0. The Bertz CT molecular complexity index is 1030. The lowest BCUT2D eigenvalue weighted by Crippen LogP contribution is -2.59. The second kappa shape index (κ2) is 8.60. The van der Waals surface area contributed by atoms with Crippen molar-refractivity contribution >= 4 is 12.0 Å². The van der Waals surface area contributed by atoms with Gasteiger partial charge in [0.05, 0.1) is 5.56 Å². The summed E-state index contributed by atoms with van der Waals surface area (Å²) in [5.41, 5.74) is -0.874. The topological polar surface area (TPSA) is 105 Å². The Morgan fingerprint density at radius 3 is 2.67 bits per heavy atom. The van der Waals surface area contributed by atoms with Gasteiger partial charge in [-0.25, -0.2) is 4.79 Å². The molecule has 1 spiro atoms. The fraction of sp³-hybridized carbons (Fsp3) is 0.500. The minimum Gasteiger partial charge on any atom is -0.490 e. The van der Waals surface area contributed by atoms with Crippen LogP contribution in [0.3, 0.4) is 0 Å². The smallest absolute Gasteiger partial charge is 0.416 e. The van der Waals surface area contributed by atoms with Crippen molar-refractivity contribution in [3.63, 3.8) is 0 Å². The van der Waals surface area contributed by atoms with E-state index in [9.17, 15) is 27.9 Å². The van der Waals surface area contributed by atoms with Crippen LogP contribution in [0, 0.1) is 11.3 Å². The molecule has 1 aromatic carbocycles. The summed E-state index contributed by atoms with van der Waals surface area (Å²) >= 11 is 0. The molecule has 2 atom stereocenters. The van der Waals surface area contributed by atoms with Crippen LogP contribution in [0.1, 0.15) is 41.1 Å². The number of ether oxygens (including phenoxy) is 1. The summed E-state index contributed by atoms with van der Waals surface area (Å²) in [5.74, 6) is 0.0746. The summed E-state index contributed by atoms with van der Waals surface area (Å²) < 4.78 is 50.6. The highest BCUT2D eigenvalue weighted by molar-refractivity contribution is 5.91. The number of piperidine rings is 1. The number of hydrogen-bond acceptors (Lipinski definition) is 5. The first-order valence-corrected chi connectivity index (χ1v) is 10.6. The number of alkyl halides is 3. The van der Waals surface area contributed by atoms with E-state index in [2.05, 4.69) is 10.5 Å². The predicted molar refractivity (Wildman–Crippen MR) is 109 cm³/mol. The van der Waals surface area contributed by atoms with Crippen LogP contribution in [-0.2, 0) is 12.6 Å². The van der Waals surface area contributed by atoms with Crippen LogP contribution >= 0.6 is 0 Å². The molecule has 33 heavy (non-hydrogen) atoms. The third kappa shape index (κ3) is 4.62. The summed E-state index contributed by atoms with van der Waals surface area (Å²) in [6, 6.07) is 6.30. The van der Waals surface area contributed by atoms with E-state index in [0.29, 0.717) is 44.5 Å². The van der Waals surface area contributed by atoms with Gasteiger partial charge in [0.2, 0.25) is 0 Å². The Labute approximate surface area is 187 Å². The van der Waals surface area contributed by atoms with Gasteiger partial charge in [-0.2, -0.15) is 13.2 Å². The second-order valence-electron chi connectivity index (χ2n) is 8.59. The van der Waals surface area contributed by atoms with Gasteiger partial charge >= 0.3 is 12.3 Å². The summed E-state index contributed by atoms with van der Waals surface area (Å²) in [7, 11) is 1.48. The maximum absolute atomic E-state index is 13.1. The van der Waals surface area contributed by atoms with Crippen LogP contribution in [0.5, 0.6) is 5.75 Å². The second-order valence-corrected chi connectivity index (χ2v) is 8.59. The summed E-state index contributed by atoms with van der Waals surface area (Å²) in [6.07, 6.45) is -3.62. The molecule has 2 fully saturated rings. The average molecular weight is 467 g/mol. The quantitative estimate of drug-likeness (QED) is 0.693. The minimum absolute atomic E-state index is 0.126. The molecule has 2 aliphatic rings. The highest BCUT2D eigenvalue weighted by atomic mass is 19.4. The van der Waals surface area contributed by atoms with Crippen molar-refractivity contribution in [2.75, 3.05) is 20.1 Å². The van der Waals surface area contributed by atoms with E-state index in [-0.39, 0.29) is 34.8 Å². The average Bonchev–Trinajstić information content (AvgIpc) is 3.25. The maximum Gasteiger partial charge on any atom is 0.416 e. The van der Waals surface area contributed by atoms with E-state index in [1.807, 2.05) is 0 Å². The molecule has 1 aliphatic heterocycles.